The minimum absolute atomic E-state index is 0.0987. The summed E-state index contributed by atoms with van der Waals surface area (Å²) in [6.45, 7) is 5.84. The van der Waals surface area contributed by atoms with Crippen LogP contribution in [0, 0.1) is 35.5 Å². The maximum atomic E-state index is 11.7. The first-order chi connectivity index (χ1) is 9.56. The summed E-state index contributed by atoms with van der Waals surface area (Å²) in [5.74, 6) is 5.07. The van der Waals surface area contributed by atoms with E-state index in [2.05, 4.69) is 19.9 Å². The van der Waals surface area contributed by atoms with Crippen LogP contribution in [0.15, 0.2) is 11.6 Å². The van der Waals surface area contributed by atoms with Crippen molar-refractivity contribution in [3.8, 4) is 0 Å². The molecule has 0 radical (unpaired) electrons. The van der Waals surface area contributed by atoms with Gasteiger partial charge in [0.2, 0.25) is 0 Å². The third-order valence-electron chi connectivity index (χ3n) is 7.20. The van der Waals surface area contributed by atoms with Gasteiger partial charge in [-0.15, -0.1) is 0 Å². The Balaban J connectivity index is 1.72. The standard InChI is InChI=1S/C18H26O2/c1-4-10(2)18(20-11(3)19)9-14-8-15(18)17-13-6-5-12(7-13)16(14)17/h4,12-17H,5-9H2,1-3H3/b10-4+. The van der Waals surface area contributed by atoms with E-state index in [1.165, 1.54) is 31.3 Å². The molecule has 0 amide bonds. The summed E-state index contributed by atoms with van der Waals surface area (Å²) in [6.07, 6.45) is 8.94. The van der Waals surface area contributed by atoms with E-state index < -0.39 is 0 Å². The second-order valence-corrected chi connectivity index (χ2v) is 7.75. The summed E-state index contributed by atoms with van der Waals surface area (Å²) in [7, 11) is 0. The molecule has 4 fully saturated rings. The van der Waals surface area contributed by atoms with Gasteiger partial charge in [-0.25, -0.2) is 0 Å². The Bertz CT molecular complexity index is 480. The minimum Gasteiger partial charge on any atom is -0.454 e. The van der Waals surface area contributed by atoms with Gasteiger partial charge in [0.1, 0.15) is 5.60 Å². The largest absolute Gasteiger partial charge is 0.454 e. The predicted octanol–water partition coefficient (Wildman–Crippen LogP) is 3.96. The first-order valence-electron chi connectivity index (χ1n) is 8.40. The Kier molecular flexibility index (Phi) is 2.66. The quantitative estimate of drug-likeness (QED) is 0.433. The zero-order chi connectivity index (χ0) is 14.1. The summed E-state index contributed by atoms with van der Waals surface area (Å²) >= 11 is 0. The number of allylic oxidation sites excluding steroid dienone is 1. The van der Waals surface area contributed by atoms with Gasteiger partial charge in [-0.2, -0.15) is 0 Å². The number of rotatable bonds is 2. The van der Waals surface area contributed by atoms with Crippen molar-refractivity contribution in [3.05, 3.63) is 11.6 Å². The monoisotopic (exact) mass is 274 g/mol. The van der Waals surface area contributed by atoms with Crippen molar-refractivity contribution in [2.75, 3.05) is 0 Å². The summed E-state index contributed by atoms with van der Waals surface area (Å²) in [6, 6.07) is 0. The predicted molar refractivity (Wildman–Crippen MR) is 78.0 cm³/mol. The number of hydrogen-bond donors (Lipinski definition) is 0. The van der Waals surface area contributed by atoms with Crippen molar-refractivity contribution in [1.29, 1.82) is 0 Å². The lowest BCUT2D eigenvalue weighted by Crippen LogP contribution is -2.48. The zero-order valence-corrected chi connectivity index (χ0v) is 12.9. The lowest BCUT2D eigenvalue weighted by Gasteiger charge is -2.46. The number of carbonyl (C=O) groups is 1. The molecule has 0 saturated heterocycles. The average molecular weight is 274 g/mol. The highest BCUT2D eigenvalue weighted by Gasteiger charge is 2.68. The van der Waals surface area contributed by atoms with E-state index in [-0.39, 0.29) is 11.6 Å². The molecule has 4 aliphatic rings. The molecule has 110 valence electrons. The van der Waals surface area contributed by atoms with Crippen molar-refractivity contribution in [3.63, 3.8) is 0 Å². The van der Waals surface area contributed by atoms with Crippen molar-refractivity contribution in [2.45, 2.75) is 58.5 Å². The van der Waals surface area contributed by atoms with Gasteiger partial charge in [0, 0.05) is 12.8 Å². The third-order valence-corrected chi connectivity index (χ3v) is 7.20. The van der Waals surface area contributed by atoms with E-state index >= 15 is 0 Å². The Hall–Kier alpha value is -0.790. The first kappa shape index (κ1) is 12.9. The maximum absolute atomic E-state index is 11.7. The molecule has 0 aromatic heterocycles. The van der Waals surface area contributed by atoms with E-state index in [4.69, 9.17) is 4.74 Å². The fraction of sp³-hybridized carbons (Fsp3) is 0.833. The van der Waals surface area contributed by atoms with Crippen LogP contribution in [-0.4, -0.2) is 11.6 Å². The number of ether oxygens (including phenoxy) is 1. The van der Waals surface area contributed by atoms with Crippen LogP contribution in [-0.2, 0) is 9.53 Å². The van der Waals surface area contributed by atoms with E-state index in [0.29, 0.717) is 5.92 Å². The number of carbonyl (C=O) groups excluding carboxylic acids is 1. The van der Waals surface area contributed by atoms with Crippen LogP contribution in [0.4, 0.5) is 0 Å². The van der Waals surface area contributed by atoms with E-state index in [1.807, 2.05) is 0 Å². The molecule has 4 rings (SSSR count). The molecule has 0 spiro atoms. The highest BCUT2D eigenvalue weighted by molar-refractivity contribution is 5.67. The van der Waals surface area contributed by atoms with Crippen LogP contribution < -0.4 is 0 Å². The molecule has 7 atom stereocenters. The van der Waals surface area contributed by atoms with Gasteiger partial charge in [-0.3, -0.25) is 4.79 Å². The van der Waals surface area contributed by atoms with Gasteiger partial charge in [0.15, 0.2) is 0 Å². The Morgan fingerprint density at radius 1 is 1.10 bits per heavy atom. The van der Waals surface area contributed by atoms with Gasteiger partial charge < -0.3 is 4.74 Å². The van der Waals surface area contributed by atoms with Crippen molar-refractivity contribution in [2.24, 2.45) is 35.5 Å². The summed E-state index contributed by atoms with van der Waals surface area (Å²) < 4.78 is 5.99. The Morgan fingerprint density at radius 3 is 2.45 bits per heavy atom. The average Bonchev–Trinajstić information content (AvgIpc) is 3.13. The number of hydrogen-bond acceptors (Lipinski definition) is 2. The van der Waals surface area contributed by atoms with Crippen LogP contribution in [0.25, 0.3) is 0 Å². The summed E-state index contributed by atoms with van der Waals surface area (Å²) in [5, 5.41) is 0. The molecule has 0 aromatic rings. The molecule has 0 heterocycles. The van der Waals surface area contributed by atoms with Crippen LogP contribution in [0.2, 0.25) is 0 Å². The molecule has 20 heavy (non-hydrogen) atoms. The topological polar surface area (TPSA) is 26.3 Å². The summed E-state index contributed by atoms with van der Waals surface area (Å²) in [5.41, 5.74) is 1.04. The smallest absolute Gasteiger partial charge is 0.303 e. The molecule has 4 saturated carbocycles. The second-order valence-electron chi connectivity index (χ2n) is 7.75. The first-order valence-corrected chi connectivity index (χ1v) is 8.40. The molecular formula is C18H26O2. The zero-order valence-electron chi connectivity index (χ0n) is 12.9. The lowest BCUT2D eigenvalue weighted by atomic mass is 9.64. The van der Waals surface area contributed by atoms with Gasteiger partial charge in [0.05, 0.1) is 0 Å². The molecule has 0 N–H and O–H groups in total. The van der Waals surface area contributed by atoms with Gasteiger partial charge >= 0.3 is 5.97 Å². The lowest BCUT2D eigenvalue weighted by molar-refractivity contribution is -0.162. The highest BCUT2D eigenvalue weighted by atomic mass is 16.6. The molecule has 2 heteroatoms. The highest BCUT2D eigenvalue weighted by Crippen LogP contribution is 2.71. The SMILES string of the molecule is C/C=C(\C)C1(OC(C)=O)CC2CC1C1C3CCC(C3)C21. The normalized spacial score (nSPS) is 52.5. The molecular weight excluding hydrogens is 248 g/mol. The Labute approximate surface area is 122 Å². The third kappa shape index (κ3) is 1.43. The number of esters is 1. The molecule has 0 aromatic carbocycles. The molecule has 2 nitrogen and oxygen atoms in total. The Morgan fingerprint density at radius 2 is 1.80 bits per heavy atom. The molecule has 0 aliphatic heterocycles. The molecule has 4 bridgehead atoms. The van der Waals surface area contributed by atoms with Crippen molar-refractivity contribution >= 4 is 5.97 Å². The van der Waals surface area contributed by atoms with E-state index in [0.717, 1.165) is 36.0 Å². The number of fused-ring (bicyclic) bond motifs is 9. The van der Waals surface area contributed by atoms with E-state index in [1.54, 1.807) is 6.92 Å². The van der Waals surface area contributed by atoms with Crippen molar-refractivity contribution in [1.82, 2.24) is 0 Å². The molecule has 4 aliphatic carbocycles. The fourth-order valence-corrected chi connectivity index (χ4v) is 6.73. The van der Waals surface area contributed by atoms with Crippen molar-refractivity contribution < 1.29 is 9.53 Å². The fourth-order valence-electron chi connectivity index (χ4n) is 6.73. The van der Waals surface area contributed by atoms with Gasteiger partial charge in [-0.1, -0.05) is 6.08 Å². The van der Waals surface area contributed by atoms with Crippen LogP contribution in [0.3, 0.4) is 0 Å². The molecule has 7 unspecified atom stereocenters. The van der Waals surface area contributed by atoms with Gasteiger partial charge in [0.25, 0.3) is 0 Å². The second kappa shape index (κ2) is 4.11. The maximum Gasteiger partial charge on any atom is 0.303 e. The van der Waals surface area contributed by atoms with Crippen LogP contribution in [0.1, 0.15) is 52.9 Å². The van der Waals surface area contributed by atoms with Gasteiger partial charge in [-0.05, 0) is 81.1 Å². The minimum atomic E-state index is -0.253. The van der Waals surface area contributed by atoms with Crippen LogP contribution in [0.5, 0.6) is 0 Å². The van der Waals surface area contributed by atoms with Crippen LogP contribution >= 0.6 is 0 Å². The van der Waals surface area contributed by atoms with E-state index in [9.17, 15) is 4.79 Å². The summed E-state index contributed by atoms with van der Waals surface area (Å²) in [4.78, 5) is 11.7.